The molecule has 2 N–H and O–H groups in total. The summed E-state index contributed by atoms with van der Waals surface area (Å²) in [6.07, 6.45) is 0.484. The number of carbonyl (C=O) groups is 2. The van der Waals surface area contributed by atoms with E-state index in [9.17, 15) is 23.1 Å². The molecule has 5 rings (SSSR count). The van der Waals surface area contributed by atoms with Gasteiger partial charge in [0.15, 0.2) is 0 Å². The summed E-state index contributed by atoms with van der Waals surface area (Å²) in [6, 6.07) is 11.4. The van der Waals surface area contributed by atoms with Gasteiger partial charge in [0, 0.05) is 57.5 Å². The molecular weight excluding hydrogens is 492 g/mol. The summed E-state index contributed by atoms with van der Waals surface area (Å²) < 4.78 is 27.0. The van der Waals surface area contributed by atoms with E-state index in [0.29, 0.717) is 62.5 Å². The molecule has 0 saturated carbocycles. The van der Waals surface area contributed by atoms with Crippen LogP contribution in [-0.2, 0) is 14.8 Å². The Balaban J connectivity index is 1.42. The van der Waals surface area contributed by atoms with Crippen LogP contribution >= 0.6 is 0 Å². The molecule has 0 radical (unpaired) electrons. The minimum Gasteiger partial charge on any atom is -0.396 e. The molecule has 2 aromatic rings. The maximum Gasteiger partial charge on any atom is 0.256 e. The first-order valence-electron chi connectivity index (χ1n) is 12.8. The lowest BCUT2D eigenvalue weighted by Crippen LogP contribution is -2.49. The van der Waals surface area contributed by atoms with E-state index in [1.807, 2.05) is 0 Å². The molecule has 9 nitrogen and oxygen atoms in total. The van der Waals surface area contributed by atoms with Crippen LogP contribution in [0, 0.1) is 19.8 Å². The molecule has 10 heteroatoms. The molecular formula is C27H34N4O5S. The number of nitrogens with zero attached hydrogens (tertiary/aromatic N) is 3. The smallest absolute Gasteiger partial charge is 0.256 e. The Morgan fingerprint density at radius 3 is 2.43 bits per heavy atom. The number of aliphatic hydroxyl groups excluding tert-OH is 1. The molecule has 37 heavy (non-hydrogen) atoms. The van der Waals surface area contributed by atoms with Gasteiger partial charge in [0.25, 0.3) is 5.91 Å². The Morgan fingerprint density at radius 1 is 1.03 bits per heavy atom. The van der Waals surface area contributed by atoms with Crippen molar-refractivity contribution in [3.63, 3.8) is 0 Å². The van der Waals surface area contributed by atoms with Crippen molar-refractivity contribution in [1.29, 1.82) is 0 Å². The van der Waals surface area contributed by atoms with Gasteiger partial charge in [0.1, 0.15) is 0 Å². The van der Waals surface area contributed by atoms with E-state index < -0.39 is 15.9 Å². The van der Waals surface area contributed by atoms with Crippen LogP contribution in [0.4, 0.5) is 11.4 Å². The summed E-state index contributed by atoms with van der Waals surface area (Å²) in [5.74, 6) is -1.26. The first kappa shape index (κ1) is 25.5. The second-order valence-electron chi connectivity index (χ2n) is 10.3. The predicted octanol–water partition coefficient (Wildman–Crippen LogP) is 1.63. The van der Waals surface area contributed by atoms with Crippen LogP contribution in [0.25, 0.3) is 0 Å². The summed E-state index contributed by atoms with van der Waals surface area (Å²) >= 11 is 0. The minimum absolute atomic E-state index is 0.0304. The minimum atomic E-state index is -3.55. The van der Waals surface area contributed by atoms with Gasteiger partial charge in [-0.2, -0.15) is 0 Å². The van der Waals surface area contributed by atoms with Crippen molar-refractivity contribution in [3.8, 4) is 0 Å². The number of sulfonamides is 1. The third-order valence-electron chi connectivity index (χ3n) is 7.77. The Hall–Kier alpha value is -3.11. The van der Waals surface area contributed by atoms with E-state index in [1.54, 1.807) is 23.1 Å². The first-order valence-corrected chi connectivity index (χ1v) is 14.4. The van der Waals surface area contributed by atoms with Gasteiger partial charge in [0.05, 0.1) is 22.9 Å². The van der Waals surface area contributed by atoms with Crippen LogP contribution in [0.2, 0.25) is 0 Å². The molecule has 0 spiro atoms. The third-order valence-corrected chi connectivity index (χ3v) is 9.62. The topological polar surface area (TPSA) is 110 Å². The van der Waals surface area contributed by atoms with E-state index in [4.69, 9.17) is 0 Å². The van der Waals surface area contributed by atoms with E-state index in [0.717, 1.165) is 0 Å². The highest BCUT2D eigenvalue weighted by molar-refractivity contribution is 7.93. The highest BCUT2D eigenvalue weighted by Gasteiger charge is 2.38. The highest BCUT2D eigenvalue weighted by atomic mass is 32.2. The molecule has 198 valence electrons. The summed E-state index contributed by atoms with van der Waals surface area (Å²) in [6.45, 7) is 7.09. The SMILES string of the molecule is Cc1ccc(N2CCN(C(=O)c3ccc([C@@H]4C(=O)NCC4CO)cc3N3CCCS3(=O)=O)CC2)c(C)c1. The summed E-state index contributed by atoms with van der Waals surface area (Å²) in [7, 11) is -3.55. The number of piperazine rings is 1. The fraction of sp³-hybridized carbons (Fsp3) is 0.481. The highest BCUT2D eigenvalue weighted by Crippen LogP contribution is 2.36. The number of anilines is 2. The number of hydrogen-bond donors (Lipinski definition) is 2. The second-order valence-corrected chi connectivity index (χ2v) is 12.3. The molecule has 3 aliphatic heterocycles. The van der Waals surface area contributed by atoms with Crippen molar-refractivity contribution in [2.45, 2.75) is 26.2 Å². The van der Waals surface area contributed by atoms with Gasteiger partial charge >= 0.3 is 0 Å². The monoisotopic (exact) mass is 526 g/mol. The maximum atomic E-state index is 13.7. The maximum absolute atomic E-state index is 13.7. The van der Waals surface area contributed by atoms with E-state index in [-0.39, 0.29) is 30.1 Å². The second kappa shape index (κ2) is 9.98. The van der Waals surface area contributed by atoms with Crippen molar-refractivity contribution in [3.05, 3.63) is 58.7 Å². The van der Waals surface area contributed by atoms with Crippen LogP contribution < -0.4 is 14.5 Å². The lowest BCUT2D eigenvalue weighted by molar-refractivity contribution is -0.120. The molecule has 1 unspecified atom stereocenters. The number of aryl methyl sites for hydroxylation is 2. The number of carbonyl (C=O) groups excluding carboxylic acids is 2. The van der Waals surface area contributed by atoms with Gasteiger partial charge in [-0.15, -0.1) is 0 Å². The number of aliphatic hydroxyl groups is 1. The summed E-state index contributed by atoms with van der Waals surface area (Å²) in [4.78, 5) is 30.3. The van der Waals surface area contributed by atoms with E-state index in [2.05, 4.69) is 42.3 Å². The molecule has 0 bridgehead atoms. The molecule has 3 saturated heterocycles. The van der Waals surface area contributed by atoms with Crippen molar-refractivity contribution in [2.24, 2.45) is 5.92 Å². The number of amides is 2. The summed E-state index contributed by atoms with van der Waals surface area (Å²) in [5, 5.41) is 12.5. The van der Waals surface area contributed by atoms with Gasteiger partial charge in [-0.05, 0) is 49.6 Å². The predicted molar refractivity (Wildman–Crippen MR) is 143 cm³/mol. The van der Waals surface area contributed by atoms with Gasteiger partial charge in [-0.25, -0.2) is 8.42 Å². The van der Waals surface area contributed by atoms with Crippen LogP contribution in [0.3, 0.4) is 0 Å². The number of rotatable bonds is 5. The van der Waals surface area contributed by atoms with Crippen LogP contribution in [0.5, 0.6) is 0 Å². The Kier molecular flexibility index (Phi) is 6.89. The van der Waals surface area contributed by atoms with Gasteiger partial charge in [-0.3, -0.25) is 13.9 Å². The zero-order chi connectivity index (χ0) is 26.3. The Morgan fingerprint density at radius 2 is 1.78 bits per heavy atom. The van der Waals surface area contributed by atoms with Crippen molar-refractivity contribution in [1.82, 2.24) is 10.2 Å². The van der Waals surface area contributed by atoms with Crippen LogP contribution in [0.1, 0.15) is 39.4 Å². The van der Waals surface area contributed by atoms with E-state index in [1.165, 1.54) is 21.1 Å². The Labute approximate surface area is 218 Å². The Bertz CT molecular complexity index is 1320. The average molecular weight is 527 g/mol. The van der Waals surface area contributed by atoms with Crippen molar-refractivity contribution in [2.75, 3.05) is 60.8 Å². The number of benzene rings is 2. The fourth-order valence-electron chi connectivity index (χ4n) is 5.79. The normalized spacial score (nSPS) is 23.4. The van der Waals surface area contributed by atoms with Gasteiger partial charge in [-0.1, -0.05) is 23.8 Å². The van der Waals surface area contributed by atoms with Gasteiger partial charge in [0.2, 0.25) is 15.9 Å². The van der Waals surface area contributed by atoms with E-state index >= 15 is 0 Å². The first-order chi connectivity index (χ1) is 17.7. The molecule has 0 aliphatic carbocycles. The molecule has 2 atom stereocenters. The number of nitrogens with one attached hydrogen (secondary N) is 1. The average Bonchev–Trinajstić information content (AvgIpc) is 3.44. The fourth-order valence-corrected chi connectivity index (χ4v) is 7.36. The molecule has 2 aromatic carbocycles. The molecule has 0 aromatic heterocycles. The largest absolute Gasteiger partial charge is 0.396 e. The van der Waals surface area contributed by atoms with Crippen LogP contribution in [-0.4, -0.2) is 81.9 Å². The lowest BCUT2D eigenvalue weighted by atomic mass is 9.88. The number of hydrogen-bond acceptors (Lipinski definition) is 6. The zero-order valence-corrected chi connectivity index (χ0v) is 22.1. The molecule has 3 heterocycles. The standard InChI is InChI=1S/C27H34N4O5S/c1-18-4-7-23(19(2)14-18)29-9-11-30(12-10-29)27(34)22-6-5-20(25-21(17-32)16-28-26(25)33)15-24(22)31-8-3-13-37(31,35)36/h4-7,14-15,21,25,32H,3,8-13,16-17H2,1-2H3,(H,28,33)/t21?,25-/m0/s1. The van der Waals surface area contributed by atoms with Crippen LogP contribution in [0.15, 0.2) is 36.4 Å². The quantitative estimate of drug-likeness (QED) is 0.613. The molecule has 2 amide bonds. The summed E-state index contributed by atoms with van der Waals surface area (Å²) in [5.41, 5.74) is 4.85. The zero-order valence-electron chi connectivity index (χ0n) is 21.3. The lowest BCUT2D eigenvalue weighted by Gasteiger charge is -2.37. The molecule has 3 fully saturated rings. The van der Waals surface area contributed by atoms with Gasteiger partial charge < -0.3 is 20.2 Å². The third kappa shape index (κ3) is 4.80. The molecule has 3 aliphatic rings. The van der Waals surface area contributed by atoms with Crippen molar-refractivity contribution >= 4 is 33.2 Å². The van der Waals surface area contributed by atoms with Crippen molar-refractivity contribution < 1.29 is 23.1 Å².